The molecule has 1 aromatic carbocycles. The fourth-order valence-corrected chi connectivity index (χ4v) is 4.03. The number of benzene rings is 1. The fourth-order valence-electron chi connectivity index (χ4n) is 3.19. The van der Waals surface area contributed by atoms with Gasteiger partial charge in [-0.1, -0.05) is 29.8 Å². The van der Waals surface area contributed by atoms with E-state index in [-0.39, 0.29) is 5.91 Å². The van der Waals surface area contributed by atoms with Crippen LogP contribution < -0.4 is 5.32 Å². The molecule has 1 aliphatic heterocycles. The van der Waals surface area contributed by atoms with Crippen LogP contribution >= 0.6 is 11.3 Å². The normalized spacial score (nSPS) is 14.8. The van der Waals surface area contributed by atoms with Gasteiger partial charge >= 0.3 is 0 Å². The Bertz CT molecular complexity index is 944. The molecule has 1 fully saturated rings. The van der Waals surface area contributed by atoms with Crippen molar-refractivity contribution < 1.29 is 9.53 Å². The second kappa shape index (κ2) is 9.30. The third kappa shape index (κ3) is 5.50. The number of nitrogens with one attached hydrogen (secondary N) is 1. The van der Waals surface area contributed by atoms with Crippen LogP contribution in [0.5, 0.6) is 0 Å². The number of aromatic nitrogens is 3. The average molecular weight is 412 g/mol. The molecule has 1 N–H and O–H groups in total. The molecule has 8 heteroatoms. The van der Waals surface area contributed by atoms with Gasteiger partial charge in [0.2, 0.25) is 0 Å². The zero-order valence-corrected chi connectivity index (χ0v) is 17.3. The maximum atomic E-state index is 12.5. The lowest BCUT2D eigenvalue weighted by atomic mass is 10.1. The number of rotatable bonds is 7. The lowest BCUT2D eigenvalue weighted by Crippen LogP contribution is -2.38. The van der Waals surface area contributed by atoms with Crippen molar-refractivity contribution in [2.24, 2.45) is 0 Å². The highest BCUT2D eigenvalue weighted by molar-refractivity contribution is 7.15. The van der Waals surface area contributed by atoms with Crippen LogP contribution in [0, 0.1) is 6.92 Å². The minimum Gasteiger partial charge on any atom is -0.379 e. The number of hydrogen-bond donors (Lipinski definition) is 1. The van der Waals surface area contributed by atoms with E-state index in [1.54, 1.807) is 6.07 Å². The summed E-state index contributed by atoms with van der Waals surface area (Å²) in [6.45, 7) is 7.20. The maximum absolute atomic E-state index is 12.5. The topological polar surface area (TPSA) is 72.3 Å². The summed E-state index contributed by atoms with van der Waals surface area (Å²) in [4.78, 5) is 20.3. The SMILES string of the molecule is Cc1ccc(Cc2cnc(NC(=O)c3ccn(CCN4CCOCC4)n3)s2)cc1. The lowest BCUT2D eigenvalue weighted by molar-refractivity contribution is 0.0359. The zero-order chi connectivity index (χ0) is 20.1. The molecule has 0 bridgehead atoms. The summed E-state index contributed by atoms with van der Waals surface area (Å²) < 4.78 is 7.18. The zero-order valence-electron chi connectivity index (χ0n) is 16.5. The summed E-state index contributed by atoms with van der Waals surface area (Å²) in [7, 11) is 0. The van der Waals surface area contributed by atoms with Crippen molar-refractivity contribution in [3.8, 4) is 0 Å². The number of nitrogens with zero attached hydrogens (tertiary/aromatic N) is 4. The molecule has 1 saturated heterocycles. The van der Waals surface area contributed by atoms with Crippen LogP contribution in [0.15, 0.2) is 42.7 Å². The van der Waals surface area contributed by atoms with E-state index in [4.69, 9.17) is 4.74 Å². The first-order chi connectivity index (χ1) is 14.2. The predicted octanol–water partition coefficient (Wildman–Crippen LogP) is 2.82. The van der Waals surface area contributed by atoms with Crippen LogP contribution in [0.2, 0.25) is 0 Å². The number of aryl methyl sites for hydroxylation is 1. The number of thiazole rings is 1. The summed E-state index contributed by atoms with van der Waals surface area (Å²) in [5, 5.41) is 7.85. The Morgan fingerprint density at radius 3 is 2.76 bits per heavy atom. The maximum Gasteiger partial charge on any atom is 0.277 e. The largest absolute Gasteiger partial charge is 0.379 e. The van der Waals surface area contributed by atoms with Crippen LogP contribution in [0.1, 0.15) is 26.5 Å². The average Bonchev–Trinajstić information content (AvgIpc) is 3.39. The van der Waals surface area contributed by atoms with Gasteiger partial charge in [-0.05, 0) is 18.6 Å². The van der Waals surface area contributed by atoms with E-state index in [9.17, 15) is 4.79 Å². The molecule has 29 heavy (non-hydrogen) atoms. The van der Waals surface area contributed by atoms with Crippen molar-refractivity contribution >= 4 is 22.4 Å². The molecule has 7 nitrogen and oxygen atoms in total. The van der Waals surface area contributed by atoms with Gasteiger partial charge in [0.1, 0.15) is 0 Å². The monoisotopic (exact) mass is 411 g/mol. The van der Waals surface area contributed by atoms with E-state index in [2.05, 4.69) is 51.5 Å². The molecule has 1 aliphatic rings. The summed E-state index contributed by atoms with van der Waals surface area (Å²) in [5.74, 6) is -0.230. The van der Waals surface area contributed by atoms with E-state index < -0.39 is 0 Å². The summed E-state index contributed by atoms with van der Waals surface area (Å²) in [5.41, 5.74) is 2.88. The molecule has 0 atom stereocenters. The summed E-state index contributed by atoms with van der Waals surface area (Å²) >= 11 is 1.49. The third-order valence-corrected chi connectivity index (χ3v) is 5.81. The summed E-state index contributed by atoms with van der Waals surface area (Å²) in [6, 6.07) is 10.2. The van der Waals surface area contributed by atoms with Crippen LogP contribution in [0.25, 0.3) is 0 Å². The molecule has 0 saturated carbocycles. The molecule has 2 aromatic heterocycles. The molecule has 0 radical (unpaired) electrons. The van der Waals surface area contributed by atoms with Gasteiger partial charge in [-0.3, -0.25) is 19.7 Å². The Morgan fingerprint density at radius 1 is 1.17 bits per heavy atom. The molecule has 1 amide bonds. The van der Waals surface area contributed by atoms with Crippen molar-refractivity contribution in [1.29, 1.82) is 0 Å². The number of anilines is 1. The van der Waals surface area contributed by atoms with E-state index in [0.717, 1.165) is 50.7 Å². The van der Waals surface area contributed by atoms with Crippen molar-refractivity contribution in [3.05, 3.63) is 64.4 Å². The van der Waals surface area contributed by atoms with Gasteiger partial charge in [0.15, 0.2) is 10.8 Å². The van der Waals surface area contributed by atoms with E-state index in [0.29, 0.717) is 10.8 Å². The number of ether oxygens (including phenoxy) is 1. The quantitative estimate of drug-likeness (QED) is 0.647. The highest BCUT2D eigenvalue weighted by Crippen LogP contribution is 2.22. The van der Waals surface area contributed by atoms with Gasteiger partial charge in [-0.2, -0.15) is 5.10 Å². The van der Waals surface area contributed by atoms with Crippen LogP contribution in [-0.4, -0.2) is 58.4 Å². The van der Waals surface area contributed by atoms with Crippen LogP contribution in [0.4, 0.5) is 5.13 Å². The smallest absolute Gasteiger partial charge is 0.277 e. The number of amides is 1. The van der Waals surface area contributed by atoms with E-state index in [1.165, 1.54) is 22.5 Å². The van der Waals surface area contributed by atoms with Crippen molar-refractivity contribution in [2.75, 3.05) is 38.2 Å². The standard InChI is InChI=1S/C21H25N5O2S/c1-16-2-4-17(5-3-16)14-18-15-22-21(29-18)23-20(27)19-6-7-26(24-19)9-8-25-10-12-28-13-11-25/h2-7,15H,8-14H2,1H3,(H,22,23,27). The third-order valence-electron chi connectivity index (χ3n) is 4.90. The molecule has 0 aliphatic carbocycles. The Kier molecular flexibility index (Phi) is 6.33. The van der Waals surface area contributed by atoms with Gasteiger partial charge in [0.25, 0.3) is 5.91 Å². The Hall–Kier alpha value is -2.55. The van der Waals surface area contributed by atoms with Crippen LogP contribution in [0.3, 0.4) is 0 Å². The summed E-state index contributed by atoms with van der Waals surface area (Å²) in [6.07, 6.45) is 4.48. The molecule has 0 spiro atoms. The number of carbonyl (C=O) groups is 1. The highest BCUT2D eigenvalue weighted by Gasteiger charge is 2.14. The van der Waals surface area contributed by atoms with Gasteiger partial charge in [0.05, 0.1) is 19.8 Å². The number of carbonyl (C=O) groups excluding carboxylic acids is 1. The Balaban J connectivity index is 1.29. The van der Waals surface area contributed by atoms with Crippen molar-refractivity contribution in [1.82, 2.24) is 19.7 Å². The van der Waals surface area contributed by atoms with Crippen LogP contribution in [-0.2, 0) is 17.7 Å². The first-order valence-electron chi connectivity index (χ1n) is 9.81. The van der Waals surface area contributed by atoms with E-state index >= 15 is 0 Å². The number of morpholine rings is 1. The van der Waals surface area contributed by atoms with Gasteiger partial charge < -0.3 is 4.74 Å². The van der Waals surface area contributed by atoms with Crippen molar-refractivity contribution in [2.45, 2.75) is 19.9 Å². The first-order valence-corrected chi connectivity index (χ1v) is 10.6. The minimum absolute atomic E-state index is 0.230. The molecule has 0 unspecified atom stereocenters. The second-order valence-corrected chi connectivity index (χ2v) is 8.28. The van der Waals surface area contributed by atoms with E-state index in [1.807, 2.05) is 17.1 Å². The minimum atomic E-state index is -0.230. The lowest BCUT2D eigenvalue weighted by Gasteiger charge is -2.26. The molecule has 3 heterocycles. The first kappa shape index (κ1) is 19.8. The Morgan fingerprint density at radius 2 is 1.97 bits per heavy atom. The number of hydrogen-bond acceptors (Lipinski definition) is 6. The second-order valence-electron chi connectivity index (χ2n) is 7.17. The Labute approximate surface area is 174 Å². The van der Waals surface area contributed by atoms with Gasteiger partial charge in [0, 0.05) is 43.3 Å². The highest BCUT2D eigenvalue weighted by atomic mass is 32.1. The molecule has 3 aromatic rings. The molecular formula is C21H25N5O2S. The van der Waals surface area contributed by atoms with Gasteiger partial charge in [-0.25, -0.2) is 4.98 Å². The van der Waals surface area contributed by atoms with Crippen molar-refractivity contribution in [3.63, 3.8) is 0 Å². The molecule has 152 valence electrons. The predicted molar refractivity (Wildman–Crippen MR) is 114 cm³/mol. The van der Waals surface area contributed by atoms with Gasteiger partial charge in [-0.15, -0.1) is 11.3 Å². The molecule has 4 rings (SSSR count). The fraction of sp³-hybridized carbons (Fsp3) is 0.381. The molecular weight excluding hydrogens is 386 g/mol.